The number of amides is 2. The minimum absolute atomic E-state index is 0.0711. The molecule has 0 saturated carbocycles. The molecule has 1 unspecified atom stereocenters. The number of carbonyl (C=O) groups excluding carboxylic acids is 3. The predicted octanol–water partition coefficient (Wildman–Crippen LogP) is 1.98. The maximum atomic E-state index is 14.0. The largest absolute Gasteiger partial charge is 0.507 e. The second-order valence-electron chi connectivity index (χ2n) is 10.4. The molecule has 3 heterocycles. The number of aliphatic hydroxyl groups excluding tert-OH is 1. The van der Waals surface area contributed by atoms with E-state index in [4.69, 9.17) is 0 Å². The van der Waals surface area contributed by atoms with E-state index in [2.05, 4.69) is 0 Å². The van der Waals surface area contributed by atoms with Crippen molar-refractivity contribution < 1.29 is 27.9 Å². The summed E-state index contributed by atoms with van der Waals surface area (Å²) in [6.45, 7) is 1.66. The van der Waals surface area contributed by atoms with E-state index in [0.717, 1.165) is 12.8 Å². The molecular weight excluding hydrogens is 520 g/mol. The fourth-order valence-electron chi connectivity index (χ4n) is 5.82. The van der Waals surface area contributed by atoms with E-state index in [-0.39, 0.29) is 22.6 Å². The van der Waals surface area contributed by atoms with Gasteiger partial charge in [0, 0.05) is 43.5 Å². The minimum atomic E-state index is -3.68. The van der Waals surface area contributed by atoms with Crippen LogP contribution in [0.15, 0.2) is 59.0 Å². The summed E-state index contributed by atoms with van der Waals surface area (Å²) in [5.41, 5.74) is -1.01. The van der Waals surface area contributed by atoms with E-state index in [0.29, 0.717) is 37.3 Å². The number of aliphatic hydroxyl groups is 1. The Morgan fingerprint density at radius 2 is 1.64 bits per heavy atom. The molecule has 0 radical (unpaired) electrons. The Morgan fingerprint density at radius 1 is 1.00 bits per heavy atom. The van der Waals surface area contributed by atoms with Crippen molar-refractivity contribution in [1.29, 1.82) is 0 Å². The summed E-state index contributed by atoms with van der Waals surface area (Å²) in [6, 6.07) is 12.5. The third kappa shape index (κ3) is 4.07. The van der Waals surface area contributed by atoms with Crippen LogP contribution < -0.4 is 4.90 Å². The van der Waals surface area contributed by atoms with Crippen molar-refractivity contribution >= 4 is 39.1 Å². The van der Waals surface area contributed by atoms with Crippen molar-refractivity contribution in [2.75, 3.05) is 52.2 Å². The van der Waals surface area contributed by atoms with Gasteiger partial charge in [-0.2, -0.15) is 4.31 Å². The van der Waals surface area contributed by atoms with Crippen LogP contribution in [-0.4, -0.2) is 92.5 Å². The number of anilines is 1. The quantitative estimate of drug-likeness (QED) is 0.317. The van der Waals surface area contributed by atoms with Crippen molar-refractivity contribution in [3.05, 3.63) is 65.2 Å². The Bertz CT molecular complexity index is 1480. The summed E-state index contributed by atoms with van der Waals surface area (Å²) in [6.07, 6.45) is 2.11. The number of carbonyl (C=O) groups is 3. The van der Waals surface area contributed by atoms with Gasteiger partial charge >= 0.3 is 0 Å². The molecule has 39 heavy (non-hydrogen) atoms. The molecule has 11 heteroatoms. The molecule has 206 valence electrons. The molecule has 5 rings (SSSR count). The van der Waals surface area contributed by atoms with Gasteiger partial charge in [0.05, 0.1) is 10.5 Å². The number of para-hydroxylation sites is 1. The molecule has 0 bridgehead atoms. The molecule has 2 aromatic carbocycles. The molecule has 3 aliphatic rings. The van der Waals surface area contributed by atoms with E-state index in [1.807, 2.05) is 19.0 Å². The lowest BCUT2D eigenvalue weighted by Crippen LogP contribution is -2.51. The number of fused-ring (bicyclic) bond motifs is 2. The average Bonchev–Trinajstić information content (AvgIpc) is 3.60. The van der Waals surface area contributed by atoms with Crippen molar-refractivity contribution in [1.82, 2.24) is 14.1 Å². The van der Waals surface area contributed by atoms with Gasteiger partial charge in [-0.3, -0.25) is 14.4 Å². The van der Waals surface area contributed by atoms with Gasteiger partial charge in [0.15, 0.2) is 5.54 Å². The maximum Gasteiger partial charge on any atom is 0.296 e. The second-order valence-corrected chi connectivity index (χ2v) is 12.3. The fourth-order valence-corrected chi connectivity index (χ4v) is 7.34. The van der Waals surface area contributed by atoms with Gasteiger partial charge in [-0.25, -0.2) is 8.42 Å². The van der Waals surface area contributed by atoms with Crippen LogP contribution in [0.25, 0.3) is 5.76 Å². The van der Waals surface area contributed by atoms with Crippen molar-refractivity contribution in [2.45, 2.75) is 29.7 Å². The molecule has 2 amide bonds. The van der Waals surface area contributed by atoms with Gasteiger partial charge in [0.1, 0.15) is 5.76 Å². The molecule has 2 fully saturated rings. The zero-order valence-corrected chi connectivity index (χ0v) is 23.1. The molecule has 2 aromatic rings. The van der Waals surface area contributed by atoms with Crippen molar-refractivity contribution in [2.24, 2.45) is 0 Å². The minimum Gasteiger partial charge on any atom is -0.507 e. The topological polar surface area (TPSA) is 119 Å². The summed E-state index contributed by atoms with van der Waals surface area (Å²) < 4.78 is 27.4. The number of benzene rings is 2. The summed E-state index contributed by atoms with van der Waals surface area (Å²) in [4.78, 5) is 45.7. The third-order valence-corrected chi connectivity index (χ3v) is 9.67. The highest BCUT2D eigenvalue weighted by molar-refractivity contribution is 7.89. The number of likely N-dealkylation sites (N-methyl/N-ethyl adjacent to an activating group) is 1. The smallest absolute Gasteiger partial charge is 0.296 e. The molecule has 1 atom stereocenters. The highest BCUT2D eigenvalue weighted by atomic mass is 32.2. The number of Topliss-reactive ketones (excluding diaryl/α,β-unsaturated/α-hetero) is 1. The Morgan fingerprint density at radius 3 is 2.28 bits per heavy atom. The Kier molecular flexibility index (Phi) is 6.86. The van der Waals surface area contributed by atoms with Crippen LogP contribution in [0, 0.1) is 0 Å². The lowest BCUT2D eigenvalue weighted by atomic mass is 9.82. The number of rotatable bonds is 7. The Hall–Kier alpha value is -3.54. The fraction of sp³-hybridized carbons (Fsp3) is 0.393. The molecule has 10 nitrogen and oxygen atoms in total. The lowest BCUT2D eigenvalue weighted by Gasteiger charge is -2.34. The van der Waals surface area contributed by atoms with Gasteiger partial charge < -0.3 is 19.8 Å². The van der Waals surface area contributed by atoms with Gasteiger partial charge in [-0.15, -0.1) is 0 Å². The maximum absolute atomic E-state index is 14.0. The number of sulfonamides is 1. The van der Waals surface area contributed by atoms with Crippen LogP contribution in [0.4, 0.5) is 5.69 Å². The average molecular weight is 553 g/mol. The number of hydrogen-bond donors (Lipinski definition) is 1. The zero-order valence-electron chi connectivity index (χ0n) is 22.3. The van der Waals surface area contributed by atoms with E-state index in [1.165, 1.54) is 38.4 Å². The van der Waals surface area contributed by atoms with Crippen LogP contribution >= 0.6 is 0 Å². The first kappa shape index (κ1) is 27.0. The normalized spacial score (nSPS) is 23.0. The predicted molar refractivity (Wildman–Crippen MR) is 145 cm³/mol. The summed E-state index contributed by atoms with van der Waals surface area (Å²) in [5.74, 6) is -2.85. The van der Waals surface area contributed by atoms with E-state index < -0.39 is 38.9 Å². The molecule has 2 saturated heterocycles. The molecule has 0 aromatic heterocycles. The highest BCUT2D eigenvalue weighted by Gasteiger charge is 2.66. The van der Waals surface area contributed by atoms with E-state index >= 15 is 0 Å². The van der Waals surface area contributed by atoms with Crippen LogP contribution in [-0.2, 0) is 29.9 Å². The van der Waals surface area contributed by atoms with E-state index in [9.17, 15) is 27.9 Å². The summed E-state index contributed by atoms with van der Waals surface area (Å²) in [7, 11) is 1.68. The third-order valence-electron chi connectivity index (χ3n) is 7.76. The second kappa shape index (κ2) is 9.89. The number of ketones is 1. The molecule has 1 spiro atoms. The van der Waals surface area contributed by atoms with Crippen LogP contribution in [0.5, 0.6) is 0 Å². The van der Waals surface area contributed by atoms with Crippen LogP contribution in [0.1, 0.15) is 30.4 Å². The number of hydrogen-bond acceptors (Lipinski definition) is 7. The molecule has 3 aliphatic heterocycles. The standard InChI is InChI=1S/C28H32N4O6S/c1-29(2)15-8-18-32-26(35)25(34)23(28(32)21-9-4-5-10-22(21)30(3)27(28)36)24(33)19-11-13-20(14-12-19)39(37,38)31-16-6-7-17-31/h4-5,9-14,33H,6-8,15-18H2,1-3H3/b24-23+. The van der Waals surface area contributed by atoms with E-state index in [1.54, 1.807) is 31.3 Å². The van der Waals surface area contributed by atoms with Crippen molar-refractivity contribution in [3.8, 4) is 0 Å². The zero-order chi connectivity index (χ0) is 28.1. The molecule has 0 aliphatic carbocycles. The van der Waals surface area contributed by atoms with Crippen LogP contribution in [0.2, 0.25) is 0 Å². The molecular formula is C28H32N4O6S. The first-order valence-electron chi connectivity index (χ1n) is 13.0. The Labute approximate surface area is 228 Å². The summed E-state index contributed by atoms with van der Waals surface area (Å²) in [5, 5.41) is 11.5. The highest BCUT2D eigenvalue weighted by Crippen LogP contribution is 2.53. The summed E-state index contributed by atoms with van der Waals surface area (Å²) >= 11 is 0. The Balaban J connectivity index is 1.65. The number of nitrogens with zero attached hydrogens (tertiary/aromatic N) is 4. The number of likely N-dealkylation sites (tertiary alicyclic amines) is 1. The van der Waals surface area contributed by atoms with Crippen molar-refractivity contribution in [3.63, 3.8) is 0 Å². The monoisotopic (exact) mass is 552 g/mol. The van der Waals surface area contributed by atoms with Gasteiger partial charge in [-0.1, -0.05) is 18.2 Å². The lowest BCUT2D eigenvalue weighted by molar-refractivity contribution is -0.143. The van der Waals surface area contributed by atoms with Gasteiger partial charge in [-0.05, 0) is 70.2 Å². The molecule has 1 N–H and O–H groups in total. The SMILES string of the molecule is CN(C)CCCN1C(=O)C(=O)/C(=C(\O)c2ccc(S(=O)(=O)N3CCCC3)cc2)C12C(=O)N(C)c1ccccc12. The van der Waals surface area contributed by atoms with Gasteiger partial charge in [0.25, 0.3) is 17.6 Å². The first-order valence-corrected chi connectivity index (χ1v) is 14.4. The first-order chi connectivity index (χ1) is 18.5. The van der Waals surface area contributed by atoms with Gasteiger partial charge in [0.2, 0.25) is 10.0 Å². The van der Waals surface area contributed by atoms with Crippen LogP contribution in [0.3, 0.4) is 0 Å².